The summed E-state index contributed by atoms with van der Waals surface area (Å²) in [7, 11) is 1.52. The number of ether oxygens (including phenoxy) is 2. The number of hydrogen-bond acceptors (Lipinski definition) is 10. The molecular weight excluding hydrogens is 775 g/mol. The van der Waals surface area contributed by atoms with Gasteiger partial charge in [-0.05, 0) is 90.6 Å². The van der Waals surface area contributed by atoms with E-state index in [1.165, 1.54) is 43.5 Å². The van der Waals surface area contributed by atoms with Gasteiger partial charge in [-0.15, -0.1) is 0 Å². The minimum Gasteiger partial charge on any atom is -0.508 e. The van der Waals surface area contributed by atoms with Crippen molar-refractivity contribution in [2.45, 2.75) is 24.7 Å². The number of nitro groups is 1. The first-order valence-corrected chi connectivity index (χ1v) is 18.9. The highest BCUT2D eigenvalue weighted by molar-refractivity contribution is 6.36. The van der Waals surface area contributed by atoms with Crippen LogP contribution in [0.1, 0.15) is 24.0 Å². The van der Waals surface area contributed by atoms with Gasteiger partial charge in [-0.1, -0.05) is 47.0 Å². The van der Waals surface area contributed by atoms with E-state index in [-0.39, 0.29) is 47.1 Å². The van der Waals surface area contributed by atoms with Crippen molar-refractivity contribution in [2.24, 2.45) is 29.6 Å². The van der Waals surface area contributed by atoms with Crippen LogP contribution in [-0.4, -0.2) is 45.8 Å². The molecule has 2 N–H and O–H groups in total. The third-order valence-electron chi connectivity index (χ3n) is 12.0. The van der Waals surface area contributed by atoms with Crippen molar-refractivity contribution in [3.8, 4) is 17.2 Å². The summed E-state index contributed by atoms with van der Waals surface area (Å²) >= 11 is 12.7. The molecule has 13 nitrogen and oxygen atoms in total. The van der Waals surface area contributed by atoms with E-state index in [1.807, 2.05) is 6.08 Å². The van der Waals surface area contributed by atoms with E-state index < -0.39 is 63.6 Å². The van der Waals surface area contributed by atoms with E-state index in [1.54, 1.807) is 54.8 Å². The maximum absolute atomic E-state index is 15.5. The van der Waals surface area contributed by atoms with Crippen molar-refractivity contribution in [1.82, 2.24) is 5.01 Å². The second-order valence-corrected chi connectivity index (χ2v) is 15.6. The van der Waals surface area contributed by atoms with E-state index in [2.05, 4.69) is 5.43 Å². The number of nitro benzene ring substituents is 1. The number of amides is 4. The molecule has 57 heavy (non-hydrogen) atoms. The van der Waals surface area contributed by atoms with Gasteiger partial charge in [0.2, 0.25) is 11.8 Å². The van der Waals surface area contributed by atoms with E-state index in [4.69, 9.17) is 32.7 Å². The van der Waals surface area contributed by atoms with Gasteiger partial charge in [-0.3, -0.25) is 39.6 Å². The lowest BCUT2D eigenvalue weighted by Gasteiger charge is -2.51. The Bertz CT molecular complexity index is 2490. The first-order chi connectivity index (χ1) is 27.4. The number of aromatic hydroxyl groups is 1. The molecule has 4 aromatic carbocycles. The van der Waals surface area contributed by atoms with Gasteiger partial charge in [0.25, 0.3) is 17.5 Å². The number of nitrogens with one attached hydrogen (secondary N) is 1. The van der Waals surface area contributed by atoms with E-state index in [9.17, 15) is 24.8 Å². The average Bonchev–Trinajstić information content (AvgIpc) is 3.59. The zero-order valence-electron chi connectivity index (χ0n) is 30.1. The standard InChI is InChI=1S/C42H32Cl2N4O9/c1-56-28-10-2-23(3-11-28)42-32(39(51)47(41(42)53)45-34-14-4-24(43)18-33(34)44)19-31-29(37(42)22-16-21-17-27(49)9-15-35(21)57-20-22)12-13-30-36(31)40(52)46(38(30)50)25-5-7-26(8-6-25)48(54)55/h2-12,14-15,17-18,20,30-32,36-37,45,49H,13,16,19H2,1H3. The predicted molar refractivity (Wildman–Crippen MR) is 207 cm³/mol. The molecule has 3 fully saturated rings. The number of hydrazine groups is 1. The number of phenols is 1. The highest BCUT2D eigenvalue weighted by atomic mass is 35.5. The molecule has 288 valence electrons. The van der Waals surface area contributed by atoms with Crippen molar-refractivity contribution < 1.29 is 38.7 Å². The number of fused-ring (bicyclic) bond motifs is 5. The molecule has 4 aromatic rings. The molecule has 3 heterocycles. The van der Waals surface area contributed by atoms with Crippen LogP contribution in [0, 0.1) is 39.7 Å². The number of rotatable bonds is 7. The highest BCUT2D eigenvalue weighted by Crippen LogP contribution is 2.63. The van der Waals surface area contributed by atoms with Gasteiger partial charge in [0.05, 0.1) is 57.9 Å². The second-order valence-electron chi connectivity index (χ2n) is 14.8. The molecule has 0 bridgehead atoms. The number of nitrogens with zero attached hydrogens (tertiary/aromatic N) is 3. The number of carbonyl (C=O) groups excluding carboxylic acids is 4. The van der Waals surface area contributed by atoms with E-state index in [0.717, 1.165) is 9.91 Å². The normalized spacial score (nSPS) is 26.1. The number of allylic oxidation sites excluding steroid dienone is 3. The van der Waals surface area contributed by atoms with Crippen LogP contribution in [0.2, 0.25) is 10.0 Å². The fraction of sp³-hybridized carbons (Fsp3) is 0.238. The Labute approximate surface area is 335 Å². The van der Waals surface area contributed by atoms with Crippen LogP contribution in [0.15, 0.2) is 108 Å². The minimum absolute atomic E-state index is 0.0197. The topological polar surface area (TPSA) is 169 Å². The SMILES string of the molecule is COc1ccc(C23C(=O)N(Nc4ccc(Cl)cc4Cl)C(=O)C2CC2C(=CCC4C(=O)N(c5ccc([N+](=O)[O-])cc5)C(=O)C42)C3C2=COc3ccc(O)cc3C2)cc1. The first kappa shape index (κ1) is 36.5. The van der Waals surface area contributed by atoms with Crippen molar-refractivity contribution in [2.75, 3.05) is 17.4 Å². The Morgan fingerprint density at radius 1 is 0.930 bits per heavy atom. The van der Waals surface area contributed by atoms with Gasteiger partial charge in [0, 0.05) is 35.1 Å². The van der Waals surface area contributed by atoms with Crippen LogP contribution in [-0.2, 0) is 31.0 Å². The summed E-state index contributed by atoms with van der Waals surface area (Å²) in [5.41, 5.74) is 4.17. The number of imide groups is 2. The molecule has 4 amide bonds. The lowest BCUT2D eigenvalue weighted by molar-refractivity contribution is -0.384. The zero-order chi connectivity index (χ0) is 39.9. The summed E-state index contributed by atoms with van der Waals surface area (Å²) in [6.45, 7) is 0. The summed E-state index contributed by atoms with van der Waals surface area (Å²) in [6, 6.07) is 21.6. The lowest BCUT2D eigenvalue weighted by atomic mass is 9.48. The van der Waals surface area contributed by atoms with Crippen molar-refractivity contribution in [3.05, 3.63) is 140 Å². The van der Waals surface area contributed by atoms with E-state index in [0.29, 0.717) is 38.8 Å². The van der Waals surface area contributed by atoms with Crippen LogP contribution >= 0.6 is 23.2 Å². The Balaban J connectivity index is 1.22. The number of methoxy groups -OCH3 is 1. The predicted octanol–water partition coefficient (Wildman–Crippen LogP) is 7.16. The third-order valence-corrected chi connectivity index (χ3v) is 12.6. The molecular formula is C42H32Cl2N4O9. The molecule has 2 saturated heterocycles. The number of halogens is 2. The maximum atomic E-state index is 15.5. The highest BCUT2D eigenvalue weighted by Gasteiger charge is 2.71. The number of hydrogen-bond donors (Lipinski definition) is 2. The van der Waals surface area contributed by atoms with Crippen molar-refractivity contribution in [3.63, 3.8) is 0 Å². The van der Waals surface area contributed by atoms with Gasteiger partial charge < -0.3 is 14.6 Å². The fourth-order valence-electron chi connectivity index (χ4n) is 9.64. The number of anilines is 2. The smallest absolute Gasteiger partial charge is 0.269 e. The Hall–Kier alpha value is -6.18. The average molecular weight is 808 g/mol. The zero-order valence-corrected chi connectivity index (χ0v) is 31.6. The molecule has 3 aliphatic heterocycles. The molecule has 0 radical (unpaired) electrons. The molecule has 6 unspecified atom stereocenters. The number of carbonyl (C=O) groups is 4. The minimum atomic E-state index is -1.60. The molecule has 9 rings (SSSR count). The number of phenolic OH excluding ortho intramolecular Hbond substituents is 1. The van der Waals surface area contributed by atoms with Crippen molar-refractivity contribution >= 4 is 63.9 Å². The van der Waals surface area contributed by atoms with Gasteiger partial charge >= 0.3 is 0 Å². The van der Waals surface area contributed by atoms with Crippen LogP contribution in [0.4, 0.5) is 17.1 Å². The van der Waals surface area contributed by atoms with Gasteiger partial charge in [0.1, 0.15) is 17.2 Å². The monoisotopic (exact) mass is 806 g/mol. The summed E-state index contributed by atoms with van der Waals surface area (Å²) in [5, 5.41) is 23.4. The maximum Gasteiger partial charge on any atom is 0.269 e. The number of benzene rings is 4. The summed E-state index contributed by atoms with van der Waals surface area (Å²) in [4.78, 5) is 71.1. The number of non-ortho nitro benzene ring substituents is 1. The van der Waals surface area contributed by atoms with Crippen LogP contribution in [0.25, 0.3) is 0 Å². The summed E-state index contributed by atoms with van der Waals surface area (Å²) < 4.78 is 11.7. The Morgan fingerprint density at radius 2 is 1.68 bits per heavy atom. The van der Waals surface area contributed by atoms with Gasteiger partial charge in [-0.2, -0.15) is 5.01 Å². The molecule has 15 heteroatoms. The Kier molecular flexibility index (Phi) is 8.63. The largest absolute Gasteiger partial charge is 0.508 e. The first-order valence-electron chi connectivity index (χ1n) is 18.2. The lowest BCUT2D eigenvalue weighted by Crippen LogP contribution is -2.55. The quantitative estimate of drug-likeness (QED) is 0.0847. The van der Waals surface area contributed by atoms with Gasteiger partial charge in [-0.25, -0.2) is 0 Å². The third kappa shape index (κ3) is 5.51. The molecule has 0 spiro atoms. The molecule has 5 aliphatic rings. The summed E-state index contributed by atoms with van der Waals surface area (Å²) in [5.74, 6) is -5.29. The second kappa shape index (κ2) is 13.5. The molecule has 1 saturated carbocycles. The van der Waals surface area contributed by atoms with Crippen molar-refractivity contribution in [1.29, 1.82) is 0 Å². The van der Waals surface area contributed by atoms with Crippen LogP contribution in [0.5, 0.6) is 17.2 Å². The van der Waals surface area contributed by atoms with Crippen LogP contribution < -0.4 is 19.8 Å². The molecule has 0 aromatic heterocycles. The van der Waals surface area contributed by atoms with E-state index >= 15 is 9.59 Å². The molecule has 6 atom stereocenters. The van der Waals surface area contributed by atoms with Crippen LogP contribution in [0.3, 0.4) is 0 Å². The Morgan fingerprint density at radius 3 is 2.39 bits per heavy atom. The molecule has 2 aliphatic carbocycles. The van der Waals surface area contributed by atoms with Gasteiger partial charge in [0.15, 0.2) is 0 Å². The summed E-state index contributed by atoms with van der Waals surface area (Å²) in [6.07, 6.45) is 3.93. The fourth-order valence-corrected chi connectivity index (χ4v) is 10.1.